The van der Waals surface area contributed by atoms with Crippen molar-refractivity contribution in [3.05, 3.63) is 29.6 Å². The maximum absolute atomic E-state index is 13.6. The molecule has 108 valence electrons. The Labute approximate surface area is 119 Å². The predicted octanol–water partition coefficient (Wildman–Crippen LogP) is 4.18. The Morgan fingerprint density at radius 1 is 1.05 bits per heavy atom. The summed E-state index contributed by atoms with van der Waals surface area (Å²) >= 11 is 1.52. The van der Waals surface area contributed by atoms with E-state index in [0.717, 1.165) is 18.2 Å². The summed E-state index contributed by atoms with van der Waals surface area (Å²) in [6, 6.07) is 1.66. The third kappa shape index (κ3) is 2.80. The van der Waals surface area contributed by atoms with E-state index in [2.05, 4.69) is 10.3 Å². The van der Waals surface area contributed by atoms with Gasteiger partial charge < -0.3 is 5.32 Å². The second-order valence-corrected chi connectivity index (χ2v) is 6.24. The van der Waals surface area contributed by atoms with Crippen LogP contribution < -0.4 is 5.32 Å². The highest BCUT2D eigenvalue weighted by atomic mass is 32.2. The van der Waals surface area contributed by atoms with Crippen molar-refractivity contribution >= 4 is 22.6 Å². The number of anilines is 1. The van der Waals surface area contributed by atoms with Crippen LogP contribution >= 0.6 is 11.8 Å². The van der Waals surface area contributed by atoms with E-state index in [1.807, 2.05) is 0 Å². The summed E-state index contributed by atoms with van der Waals surface area (Å²) in [5, 5.41) is 3.38. The van der Waals surface area contributed by atoms with Crippen molar-refractivity contribution in [1.29, 1.82) is 0 Å². The van der Waals surface area contributed by atoms with Crippen molar-refractivity contribution in [2.45, 2.75) is 31.7 Å². The highest BCUT2D eigenvalue weighted by Crippen LogP contribution is 2.34. The summed E-state index contributed by atoms with van der Waals surface area (Å²) in [7, 11) is 0. The largest absolute Gasteiger partial charge is 0.332 e. The lowest BCUT2D eigenvalue weighted by atomic mass is 9.86. The quantitative estimate of drug-likeness (QED) is 0.787. The molecule has 1 saturated carbocycles. The molecule has 2 aliphatic rings. The molecule has 0 saturated heterocycles. The standard InChI is InChI=1S/C14H15F3N2S/c15-9-5-11(17)13(6-10(9)16)19-14-18-12-4-2-1-3-8(12)7-20-14/h5-6,8,12H,1-4,7H2,(H,18,19). The van der Waals surface area contributed by atoms with Gasteiger partial charge in [-0.05, 0) is 18.8 Å². The van der Waals surface area contributed by atoms with E-state index in [1.54, 1.807) is 0 Å². The van der Waals surface area contributed by atoms with E-state index in [9.17, 15) is 13.2 Å². The van der Waals surface area contributed by atoms with E-state index in [0.29, 0.717) is 17.2 Å². The first-order valence-electron chi connectivity index (χ1n) is 6.75. The minimum Gasteiger partial charge on any atom is -0.332 e. The normalized spacial score (nSPS) is 25.9. The molecular weight excluding hydrogens is 285 g/mol. The van der Waals surface area contributed by atoms with Crippen LogP contribution in [0.4, 0.5) is 18.9 Å². The molecular formula is C14H15F3N2S. The second-order valence-electron chi connectivity index (χ2n) is 5.23. The summed E-state index contributed by atoms with van der Waals surface area (Å²) in [5.41, 5.74) is -0.0654. The van der Waals surface area contributed by atoms with Gasteiger partial charge in [-0.1, -0.05) is 24.6 Å². The monoisotopic (exact) mass is 300 g/mol. The zero-order valence-corrected chi connectivity index (χ0v) is 11.7. The summed E-state index contributed by atoms with van der Waals surface area (Å²) in [6.45, 7) is 0. The number of benzene rings is 1. The molecule has 1 fully saturated rings. The van der Waals surface area contributed by atoms with Crippen molar-refractivity contribution in [3.8, 4) is 0 Å². The smallest absolute Gasteiger partial charge is 0.161 e. The number of fused-ring (bicyclic) bond motifs is 1. The number of nitrogens with zero attached hydrogens (tertiary/aromatic N) is 1. The molecule has 1 N–H and O–H groups in total. The van der Waals surface area contributed by atoms with E-state index in [1.165, 1.54) is 31.0 Å². The van der Waals surface area contributed by atoms with Crippen LogP contribution in [0.1, 0.15) is 25.7 Å². The third-order valence-electron chi connectivity index (χ3n) is 3.84. The first kappa shape index (κ1) is 13.8. The number of thioether (sulfide) groups is 1. The van der Waals surface area contributed by atoms with Crippen molar-refractivity contribution in [3.63, 3.8) is 0 Å². The van der Waals surface area contributed by atoms with Crippen LogP contribution in [0.5, 0.6) is 0 Å². The second kappa shape index (κ2) is 5.68. The Bertz CT molecular complexity index is 547. The van der Waals surface area contributed by atoms with Crippen molar-refractivity contribution in [2.24, 2.45) is 10.9 Å². The van der Waals surface area contributed by atoms with Gasteiger partial charge in [0, 0.05) is 17.9 Å². The molecule has 0 radical (unpaired) electrons. The average Bonchev–Trinajstić information content (AvgIpc) is 2.44. The van der Waals surface area contributed by atoms with Gasteiger partial charge in [0.1, 0.15) is 5.82 Å². The third-order valence-corrected chi connectivity index (χ3v) is 4.91. The first-order chi connectivity index (χ1) is 9.63. The minimum absolute atomic E-state index is 0.0654. The van der Waals surface area contributed by atoms with Crippen LogP contribution in [0.3, 0.4) is 0 Å². The number of amidine groups is 1. The number of hydrogen-bond donors (Lipinski definition) is 1. The van der Waals surface area contributed by atoms with Gasteiger partial charge in [-0.15, -0.1) is 0 Å². The Balaban J connectivity index is 1.78. The number of aliphatic imine (C=N–C) groups is 1. The molecule has 1 heterocycles. The van der Waals surface area contributed by atoms with Crippen LogP contribution in [-0.4, -0.2) is 17.0 Å². The van der Waals surface area contributed by atoms with Gasteiger partial charge in [0.05, 0.1) is 11.7 Å². The lowest BCUT2D eigenvalue weighted by Crippen LogP contribution is -2.31. The zero-order chi connectivity index (χ0) is 14.1. The highest BCUT2D eigenvalue weighted by molar-refractivity contribution is 8.14. The molecule has 1 aromatic carbocycles. The Kier molecular flexibility index (Phi) is 3.92. The summed E-state index contributed by atoms with van der Waals surface area (Å²) in [6.07, 6.45) is 4.66. The fraction of sp³-hybridized carbons (Fsp3) is 0.500. The molecule has 6 heteroatoms. The Morgan fingerprint density at radius 3 is 2.65 bits per heavy atom. The molecule has 0 bridgehead atoms. The van der Waals surface area contributed by atoms with Gasteiger partial charge in [0.25, 0.3) is 0 Å². The van der Waals surface area contributed by atoms with Gasteiger partial charge in [-0.2, -0.15) is 0 Å². The fourth-order valence-electron chi connectivity index (χ4n) is 2.73. The molecule has 1 aliphatic carbocycles. The molecule has 2 nitrogen and oxygen atoms in total. The Hall–Kier alpha value is -1.17. The molecule has 1 aromatic rings. The van der Waals surface area contributed by atoms with Crippen molar-refractivity contribution < 1.29 is 13.2 Å². The maximum atomic E-state index is 13.6. The minimum atomic E-state index is -1.18. The van der Waals surface area contributed by atoms with E-state index < -0.39 is 17.5 Å². The molecule has 2 atom stereocenters. The molecule has 3 rings (SSSR count). The maximum Gasteiger partial charge on any atom is 0.161 e. The first-order valence-corrected chi connectivity index (χ1v) is 7.74. The molecule has 2 unspecified atom stereocenters. The number of hydrogen-bond acceptors (Lipinski definition) is 3. The molecule has 0 spiro atoms. The van der Waals surface area contributed by atoms with Gasteiger partial charge in [-0.25, -0.2) is 13.2 Å². The van der Waals surface area contributed by atoms with E-state index >= 15 is 0 Å². The molecule has 1 aliphatic heterocycles. The van der Waals surface area contributed by atoms with Crippen LogP contribution in [0, 0.1) is 23.4 Å². The van der Waals surface area contributed by atoms with Gasteiger partial charge >= 0.3 is 0 Å². The average molecular weight is 300 g/mol. The van der Waals surface area contributed by atoms with Gasteiger partial charge in [0.15, 0.2) is 16.8 Å². The van der Waals surface area contributed by atoms with Crippen LogP contribution in [0.2, 0.25) is 0 Å². The van der Waals surface area contributed by atoms with Crippen LogP contribution in [-0.2, 0) is 0 Å². The summed E-state index contributed by atoms with van der Waals surface area (Å²) in [5.74, 6) is -1.52. The SMILES string of the molecule is Fc1cc(F)c(NC2=NC3CCCCC3CS2)cc1F. The predicted molar refractivity (Wildman–Crippen MR) is 75.6 cm³/mol. The van der Waals surface area contributed by atoms with E-state index in [4.69, 9.17) is 0 Å². The van der Waals surface area contributed by atoms with Gasteiger partial charge in [0.2, 0.25) is 0 Å². The summed E-state index contributed by atoms with van der Waals surface area (Å²) in [4.78, 5) is 4.58. The van der Waals surface area contributed by atoms with Crippen LogP contribution in [0.25, 0.3) is 0 Å². The summed E-state index contributed by atoms with van der Waals surface area (Å²) < 4.78 is 39.6. The lowest BCUT2D eigenvalue weighted by Gasteiger charge is -2.32. The number of rotatable bonds is 1. The topological polar surface area (TPSA) is 24.4 Å². The molecule has 0 amide bonds. The van der Waals surface area contributed by atoms with Crippen molar-refractivity contribution in [2.75, 3.05) is 11.1 Å². The fourth-order valence-corrected chi connectivity index (χ4v) is 3.88. The number of nitrogens with one attached hydrogen (secondary N) is 1. The Morgan fingerprint density at radius 2 is 1.80 bits per heavy atom. The highest BCUT2D eigenvalue weighted by Gasteiger charge is 2.29. The number of halogens is 3. The van der Waals surface area contributed by atoms with E-state index in [-0.39, 0.29) is 11.7 Å². The lowest BCUT2D eigenvalue weighted by molar-refractivity contribution is 0.336. The van der Waals surface area contributed by atoms with Crippen LogP contribution in [0.15, 0.2) is 17.1 Å². The zero-order valence-electron chi connectivity index (χ0n) is 10.8. The van der Waals surface area contributed by atoms with Crippen molar-refractivity contribution in [1.82, 2.24) is 0 Å². The molecule has 0 aromatic heterocycles. The molecule has 20 heavy (non-hydrogen) atoms. The van der Waals surface area contributed by atoms with Gasteiger partial charge in [-0.3, -0.25) is 4.99 Å².